The molecule has 0 saturated heterocycles. The van der Waals surface area contributed by atoms with Gasteiger partial charge in [0.05, 0.1) is 16.9 Å². The highest BCUT2D eigenvalue weighted by Crippen LogP contribution is 2.30. The van der Waals surface area contributed by atoms with Gasteiger partial charge in [0.2, 0.25) is 0 Å². The van der Waals surface area contributed by atoms with Crippen molar-refractivity contribution in [3.05, 3.63) is 24.0 Å². The molecule has 1 aromatic heterocycles. The van der Waals surface area contributed by atoms with Gasteiger partial charge < -0.3 is 15.3 Å². The molecule has 1 aromatic rings. The monoisotopic (exact) mass is 291 g/mol. The number of anilines is 1. The van der Waals surface area contributed by atoms with E-state index in [2.05, 4.69) is 17.2 Å². The second-order valence-electron chi connectivity index (χ2n) is 5.94. The Labute approximate surface area is 126 Å². The number of hydrogen-bond acceptors (Lipinski definition) is 4. The maximum atomic E-state index is 12.6. The standard InChI is InChI=1S/C16H25N3O2/c1-3-9-18-14-6-10-17-11-13(14)15(20)19(2)12-16(21)7-4-5-8-16/h6,10-11,21H,3-5,7-9,12H2,1-2H3,(H,17,18). The number of aromatic nitrogens is 1. The number of hydrogen-bond donors (Lipinski definition) is 2. The lowest BCUT2D eigenvalue weighted by molar-refractivity contribution is 0.0157. The zero-order valence-corrected chi connectivity index (χ0v) is 12.9. The summed E-state index contributed by atoms with van der Waals surface area (Å²) < 4.78 is 0. The summed E-state index contributed by atoms with van der Waals surface area (Å²) in [6.07, 6.45) is 7.89. The second-order valence-corrected chi connectivity index (χ2v) is 5.94. The Morgan fingerprint density at radius 1 is 1.48 bits per heavy atom. The maximum absolute atomic E-state index is 12.6. The number of pyridine rings is 1. The highest BCUT2D eigenvalue weighted by molar-refractivity contribution is 5.99. The average Bonchev–Trinajstić information content (AvgIpc) is 2.91. The second kappa shape index (κ2) is 6.89. The van der Waals surface area contributed by atoms with Gasteiger partial charge in [-0.15, -0.1) is 0 Å². The number of nitrogens with zero attached hydrogens (tertiary/aromatic N) is 2. The Morgan fingerprint density at radius 3 is 2.86 bits per heavy atom. The van der Waals surface area contributed by atoms with Gasteiger partial charge in [-0.2, -0.15) is 0 Å². The summed E-state index contributed by atoms with van der Waals surface area (Å²) in [7, 11) is 1.75. The van der Waals surface area contributed by atoms with E-state index in [9.17, 15) is 9.90 Å². The molecule has 116 valence electrons. The molecule has 5 heteroatoms. The van der Waals surface area contributed by atoms with E-state index in [1.807, 2.05) is 6.07 Å². The summed E-state index contributed by atoms with van der Waals surface area (Å²) in [5, 5.41) is 13.7. The first-order valence-corrected chi connectivity index (χ1v) is 7.71. The fourth-order valence-corrected chi connectivity index (χ4v) is 2.89. The van der Waals surface area contributed by atoms with Gasteiger partial charge in [0.25, 0.3) is 5.91 Å². The molecule has 5 nitrogen and oxygen atoms in total. The predicted molar refractivity (Wildman–Crippen MR) is 83.4 cm³/mol. The van der Waals surface area contributed by atoms with Crippen LogP contribution in [-0.4, -0.2) is 46.6 Å². The minimum atomic E-state index is -0.719. The molecule has 1 amide bonds. The summed E-state index contributed by atoms with van der Waals surface area (Å²) in [5.74, 6) is -0.0953. The molecule has 0 radical (unpaired) electrons. The molecule has 1 fully saturated rings. The van der Waals surface area contributed by atoms with Gasteiger partial charge in [-0.25, -0.2) is 0 Å². The van der Waals surface area contributed by atoms with E-state index < -0.39 is 5.60 Å². The molecular formula is C16H25N3O2. The highest BCUT2D eigenvalue weighted by Gasteiger charge is 2.33. The van der Waals surface area contributed by atoms with Crippen molar-refractivity contribution < 1.29 is 9.90 Å². The van der Waals surface area contributed by atoms with Crippen LogP contribution in [0.1, 0.15) is 49.4 Å². The number of aliphatic hydroxyl groups is 1. The van der Waals surface area contributed by atoms with Crippen molar-refractivity contribution in [1.82, 2.24) is 9.88 Å². The smallest absolute Gasteiger partial charge is 0.257 e. The number of amides is 1. The van der Waals surface area contributed by atoms with E-state index in [0.29, 0.717) is 12.1 Å². The molecule has 0 aromatic carbocycles. The Hall–Kier alpha value is -1.62. The Balaban J connectivity index is 2.08. The molecule has 21 heavy (non-hydrogen) atoms. The van der Waals surface area contributed by atoms with Crippen molar-refractivity contribution in [1.29, 1.82) is 0 Å². The van der Waals surface area contributed by atoms with Crippen LogP contribution in [0.3, 0.4) is 0 Å². The van der Waals surface area contributed by atoms with Crippen LogP contribution in [0, 0.1) is 0 Å². The number of carbonyl (C=O) groups excluding carboxylic acids is 1. The molecule has 1 heterocycles. The highest BCUT2D eigenvalue weighted by atomic mass is 16.3. The lowest BCUT2D eigenvalue weighted by Crippen LogP contribution is -2.42. The van der Waals surface area contributed by atoms with Crippen LogP contribution >= 0.6 is 0 Å². The van der Waals surface area contributed by atoms with Gasteiger partial charge in [0.1, 0.15) is 0 Å². The SMILES string of the molecule is CCCNc1ccncc1C(=O)N(C)CC1(O)CCCC1. The van der Waals surface area contributed by atoms with E-state index in [0.717, 1.165) is 44.3 Å². The quantitative estimate of drug-likeness (QED) is 0.844. The third-order valence-corrected chi connectivity index (χ3v) is 4.03. The zero-order chi connectivity index (χ0) is 15.3. The van der Waals surface area contributed by atoms with Crippen LogP contribution in [0.2, 0.25) is 0 Å². The molecule has 1 saturated carbocycles. The van der Waals surface area contributed by atoms with E-state index >= 15 is 0 Å². The zero-order valence-electron chi connectivity index (χ0n) is 12.9. The van der Waals surface area contributed by atoms with E-state index in [-0.39, 0.29) is 5.91 Å². The van der Waals surface area contributed by atoms with Crippen molar-refractivity contribution in [3.8, 4) is 0 Å². The van der Waals surface area contributed by atoms with Crippen molar-refractivity contribution >= 4 is 11.6 Å². The molecule has 0 spiro atoms. The van der Waals surface area contributed by atoms with Crippen LogP contribution in [-0.2, 0) is 0 Å². The fraction of sp³-hybridized carbons (Fsp3) is 0.625. The third-order valence-electron chi connectivity index (χ3n) is 4.03. The molecule has 2 rings (SSSR count). The summed E-state index contributed by atoms with van der Waals surface area (Å²) in [4.78, 5) is 18.3. The summed E-state index contributed by atoms with van der Waals surface area (Å²) in [5.41, 5.74) is 0.654. The van der Waals surface area contributed by atoms with Crippen LogP contribution in [0.5, 0.6) is 0 Å². The first kappa shape index (κ1) is 15.8. The first-order valence-electron chi connectivity index (χ1n) is 7.71. The van der Waals surface area contributed by atoms with Crippen molar-refractivity contribution in [3.63, 3.8) is 0 Å². The number of carbonyl (C=O) groups is 1. The van der Waals surface area contributed by atoms with Gasteiger partial charge in [0, 0.05) is 32.5 Å². The van der Waals surface area contributed by atoms with Crippen LogP contribution in [0.25, 0.3) is 0 Å². The Kier molecular flexibility index (Phi) is 5.17. The third kappa shape index (κ3) is 3.94. The fourth-order valence-electron chi connectivity index (χ4n) is 2.89. The predicted octanol–water partition coefficient (Wildman–Crippen LogP) is 2.28. The van der Waals surface area contributed by atoms with Gasteiger partial charge in [-0.05, 0) is 25.3 Å². The number of nitrogens with one attached hydrogen (secondary N) is 1. The lowest BCUT2D eigenvalue weighted by atomic mass is 10.0. The van der Waals surface area contributed by atoms with Gasteiger partial charge >= 0.3 is 0 Å². The molecule has 1 aliphatic carbocycles. The first-order chi connectivity index (χ1) is 10.1. The van der Waals surface area contributed by atoms with Crippen LogP contribution in [0.15, 0.2) is 18.5 Å². The van der Waals surface area contributed by atoms with Crippen LogP contribution in [0.4, 0.5) is 5.69 Å². The van der Waals surface area contributed by atoms with Gasteiger partial charge in [-0.3, -0.25) is 9.78 Å². The number of likely N-dealkylation sites (N-methyl/N-ethyl adjacent to an activating group) is 1. The van der Waals surface area contributed by atoms with Crippen molar-refractivity contribution in [2.24, 2.45) is 0 Å². The maximum Gasteiger partial charge on any atom is 0.257 e. The normalized spacial score (nSPS) is 16.7. The largest absolute Gasteiger partial charge is 0.388 e. The van der Waals surface area contributed by atoms with E-state index in [1.165, 1.54) is 0 Å². The van der Waals surface area contributed by atoms with Crippen molar-refractivity contribution in [2.75, 3.05) is 25.5 Å². The lowest BCUT2D eigenvalue weighted by Gasteiger charge is -2.29. The van der Waals surface area contributed by atoms with Gasteiger partial charge in [0.15, 0.2) is 0 Å². The van der Waals surface area contributed by atoms with Gasteiger partial charge in [-0.1, -0.05) is 19.8 Å². The average molecular weight is 291 g/mol. The molecule has 2 N–H and O–H groups in total. The summed E-state index contributed by atoms with van der Waals surface area (Å²) in [6.45, 7) is 3.28. The summed E-state index contributed by atoms with van der Waals surface area (Å²) >= 11 is 0. The number of rotatable bonds is 6. The van der Waals surface area contributed by atoms with Crippen LogP contribution < -0.4 is 5.32 Å². The van der Waals surface area contributed by atoms with E-state index in [1.54, 1.807) is 24.3 Å². The molecule has 0 bridgehead atoms. The topological polar surface area (TPSA) is 65.5 Å². The molecule has 1 aliphatic rings. The molecule has 0 aliphatic heterocycles. The minimum Gasteiger partial charge on any atom is -0.388 e. The molecular weight excluding hydrogens is 266 g/mol. The Bertz CT molecular complexity index is 484. The summed E-state index contributed by atoms with van der Waals surface area (Å²) in [6, 6.07) is 1.82. The molecule has 0 unspecified atom stereocenters. The van der Waals surface area contributed by atoms with Crippen molar-refractivity contribution in [2.45, 2.75) is 44.6 Å². The minimum absolute atomic E-state index is 0.0953. The Morgan fingerprint density at radius 2 is 2.19 bits per heavy atom. The molecule has 0 atom stereocenters. The van der Waals surface area contributed by atoms with E-state index in [4.69, 9.17) is 0 Å².